The molecule has 1 aliphatic rings. The first-order valence-corrected chi connectivity index (χ1v) is 6.09. The Morgan fingerprint density at radius 2 is 1.94 bits per heavy atom. The van der Waals surface area contributed by atoms with Crippen LogP contribution in [-0.2, 0) is 0 Å². The molecular formula is C12H18N4O. The number of aromatic nitrogens is 2. The van der Waals surface area contributed by atoms with Crippen LogP contribution in [0.2, 0.25) is 0 Å². The second-order valence-corrected chi connectivity index (χ2v) is 4.51. The van der Waals surface area contributed by atoms with Crippen molar-refractivity contribution in [2.75, 3.05) is 0 Å². The fourth-order valence-corrected chi connectivity index (χ4v) is 2.18. The zero-order chi connectivity index (χ0) is 12.1. The van der Waals surface area contributed by atoms with E-state index >= 15 is 0 Å². The fourth-order valence-electron chi connectivity index (χ4n) is 2.18. The number of rotatable bonds is 2. The molecule has 1 amide bonds. The minimum Gasteiger partial charge on any atom is -0.348 e. The fraction of sp³-hybridized carbons (Fsp3) is 0.583. The SMILES string of the molecule is NC1CCCCCC1NC(=O)c1cncnc1. The van der Waals surface area contributed by atoms with Crippen molar-refractivity contribution in [2.24, 2.45) is 5.73 Å². The van der Waals surface area contributed by atoms with Gasteiger partial charge in [-0.3, -0.25) is 4.79 Å². The van der Waals surface area contributed by atoms with Crippen molar-refractivity contribution in [1.82, 2.24) is 15.3 Å². The molecule has 1 saturated carbocycles. The van der Waals surface area contributed by atoms with Gasteiger partial charge in [-0.1, -0.05) is 19.3 Å². The first-order valence-electron chi connectivity index (χ1n) is 6.09. The van der Waals surface area contributed by atoms with E-state index < -0.39 is 0 Å². The van der Waals surface area contributed by atoms with Crippen LogP contribution in [0.15, 0.2) is 18.7 Å². The van der Waals surface area contributed by atoms with Crippen molar-refractivity contribution in [3.05, 3.63) is 24.3 Å². The second-order valence-electron chi connectivity index (χ2n) is 4.51. The summed E-state index contributed by atoms with van der Waals surface area (Å²) in [5, 5.41) is 2.98. The van der Waals surface area contributed by atoms with Gasteiger partial charge in [0.15, 0.2) is 0 Å². The van der Waals surface area contributed by atoms with Crippen molar-refractivity contribution in [1.29, 1.82) is 0 Å². The van der Waals surface area contributed by atoms with Crippen molar-refractivity contribution in [2.45, 2.75) is 44.2 Å². The first-order chi connectivity index (χ1) is 8.27. The average molecular weight is 234 g/mol. The van der Waals surface area contributed by atoms with E-state index in [4.69, 9.17) is 5.73 Å². The Kier molecular flexibility index (Phi) is 4.03. The minimum absolute atomic E-state index is 0.0612. The molecule has 5 nitrogen and oxygen atoms in total. The maximum absolute atomic E-state index is 11.9. The van der Waals surface area contributed by atoms with Crippen LogP contribution >= 0.6 is 0 Å². The molecule has 1 aromatic rings. The standard InChI is InChI=1S/C12H18N4O/c13-10-4-2-1-3-5-11(10)16-12(17)9-6-14-8-15-7-9/h6-8,10-11H,1-5,13H2,(H,16,17). The Hall–Kier alpha value is -1.49. The zero-order valence-corrected chi connectivity index (χ0v) is 9.80. The molecule has 2 rings (SSSR count). The molecule has 1 aliphatic carbocycles. The lowest BCUT2D eigenvalue weighted by Crippen LogP contribution is -2.46. The van der Waals surface area contributed by atoms with Gasteiger partial charge >= 0.3 is 0 Å². The smallest absolute Gasteiger partial charge is 0.254 e. The molecule has 1 heterocycles. The number of hydrogen-bond donors (Lipinski definition) is 2. The van der Waals surface area contributed by atoms with Gasteiger partial charge < -0.3 is 11.1 Å². The predicted molar refractivity (Wildman–Crippen MR) is 64.3 cm³/mol. The third kappa shape index (κ3) is 3.23. The highest BCUT2D eigenvalue weighted by molar-refractivity contribution is 5.93. The van der Waals surface area contributed by atoms with Crippen LogP contribution in [0.5, 0.6) is 0 Å². The monoisotopic (exact) mass is 234 g/mol. The molecule has 2 atom stereocenters. The summed E-state index contributed by atoms with van der Waals surface area (Å²) in [6, 6.07) is 0.135. The van der Waals surface area contributed by atoms with Gasteiger partial charge in [-0.2, -0.15) is 0 Å². The second kappa shape index (κ2) is 5.72. The summed E-state index contributed by atoms with van der Waals surface area (Å²) in [6.07, 6.45) is 9.88. The van der Waals surface area contributed by atoms with E-state index in [0.29, 0.717) is 5.56 Å². The Morgan fingerprint density at radius 3 is 2.71 bits per heavy atom. The van der Waals surface area contributed by atoms with Gasteiger partial charge in [0.05, 0.1) is 5.56 Å². The number of hydrogen-bond acceptors (Lipinski definition) is 4. The molecule has 0 bridgehead atoms. The van der Waals surface area contributed by atoms with Crippen LogP contribution in [0.4, 0.5) is 0 Å². The number of nitrogens with one attached hydrogen (secondary N) is 1. The molecule has 1 aromatic heterocycles. The third-order valence-corrected chi connectivity index (χ3v) is 3.21. The largest absolute Gasteiger partial charge is 0.348 e. The molecular weight excluding hydrogens is 216 g/mol. The summed E-state index contributed by atoms with van der Waals surface area (Å²) in [4.78, 5) is 19.6. The van der Waals surface area contributed by atoms with Crippen LogP contribution in [-0.4, -0.2) is 28.0 Å². The summed E-state index contributed by atoms with van der Waals surface area (Å²) < 4.78 is 0. The summed E-state index contributed by atoms with van der Waals surface area (Å²) in [7, 11) is 0. The number of carbonyl (C=O) groups excluding carboxylic acids is 1. The van der Waals surface area contributed by atoms with E-state index in [1.165, 1.54) is 25.1 Å². The normalized spacial score (nSPS) is 25.0. The maximum atomic E-state index is 11.9. The van der Waals surface area contributed by atoms with E-state index in [-0.39, 0.29) is 18.0 Å². The van der Waals surface area contributed by atoms with Gasteiger partial charge in [-0.15, -0.1) is 0 Å². The predicted octanol–water partition coefficient (Wildman–Crippen LogP) is 0.866. The lowest BCUT2D eigenvalue weighted by molar-refractivity contribution is 0.0928. The Labute approximate surface area is 101 Å². The van der Waals surface area contributed by atoms with Gasteiger partial charge in [-0.05, 0) is 12.8 Å². The summed E-state index contributed by atoms with van der Waals surface area (Å²) in [5.74, 6) is -0.132. The lowest BCUT2D eigenvalue weighted by atomic mass is 10.0. The lowest BCUT2D eigenvalue weighted by Gasteiger charge is -2.22. The summed E-state index contributed by atoms with van der Waals surface area (Å²) in [6.45, 7) is 0. The van der Waals surface area contributed by atoms with E-state index in [2.05, 4.69) is 15.3 Å². The first kappa shape index (κ1) is 12.0. The molecule has 0 spiro atoms. The maximum Gasteiger partial charge on any atom is 0.254 e. The van der Waals surface area contributed by atoms with Crippen LogP contribution in [0.1, 0.15) is 42.5 Å². The summed E-state index contributed by atoms with van der Waals surface area (Å²) >= 11 is 0. The van der Waals surface area contributed by atoms with E-state index in [9.17, 15) is 4.79 Å². The van der Waals surface area contributed by atoms with E-state index in [0.717, 1.165) is 25.7 Å². The molecule has 0 radical (unpaired) electrons. The topological polar surface area (TPSA) is 80.9 Å². The van der Waals surface area contributed by atoms with E-state index in [1.54, 1.807) is 0 Å². The number of nitrogens with zero attached hydrogens (tertiary/aromatic N) is 2. The number of nitrogens with two attached hydrogens (primary N) is 1. The van der Waals surface area contributed by atoms with Crippen molar-refractivity contribution in [3.63, 3.8) is 0 Å². The van der Waals surface area contributed by atoms with Crippen molar-refractivity contribution in [3.8, 4) is 0 Å². The number of carbonyl (C=O) groups is 1. The molecule has 0 aromatic carbocycles. The molecule has 3 N–H and O–H groups in total. The summed E-state index contributed by atoms with van der Waals surface area (Å²) in [5.41, 5.74) is 6.55. The van der Waals surface area contributed by atoms with Crippen LogP contribution in [0.3, 0.4) is 0 Å². The minimum atomic E-state index is -0.132. The molecule has 92 valence electrons. The Bertz CT molecular complexity index is 368. The van der Waals surface area contributed by atoms with E-state index in [1.807, 2.05) is 0 Å². The van der Waals surface area contributed by atoms with Gasteiger partial charge in [0.2, 0.25) is 0 Å². The van der Waals surface area contributed by atoms with Crippen LogP contribution < -0.4 is 11.1 Å². The average Bonchev–Trinajstić information content (AvgIpc) is 2.56. The molecule has 0 aliphatic heterocycles. The number of amides is 1. The van der Waals surface area contributed by atoms with Gasteiger partial charge in [0, 0.05) is 24.5 Å². The van der Waals surface area contributed by atoms with Crippen molar-refractivity contribution < 1.29 is 4.79 Å². The highest BCUT2D eigenvalue weighted by Crippen LogP contribution is 2.17. The Balaban J connectivity index is 1.98. The quantitative estimate of drug-likeness (QED) is 0.744. The van der Waals surface area contributed by atoms with Crippen LogP contribution in [0.25, 0.3) is 0 Å². The van der Waals surface area contributed by atoms with Gasteiger partial charge in [0.25, 0.3) is 5.91 Å². The molecule has 17 heavy (non-hydrogen) atoms. The molecule has 0 saturated heterocycles. The molecule has 1 fully saturated rings. The Morgan fingerprint density at radius 1 is 1.24 bits per heavy atom. The van der Waals surface area contributed by atoms with Gasteiger partial charge in [-0.25, -0.2) is 9.97 Å². The third-order valence-electron chi connectivity index (χ3n) is 3.21. The van der Waals surface area contributed by atoms with Gasteiger partial charge in [0.1, 0.15) is 6.33 Å². The van der Waals surface area contributed by atoms with Crippen molar-refractivity contribution >= 4 is 5.91 Å². The van der Waals surface area contributed by atoms with Crippen LogP contribution in [0, 0.1) is 0 Å². The molecule has 2 unspecified atom stereocenters. The highest BCUT2D eigenvalue weighted by atomic mass is 16.1. The highest BCUT2D eigenvalue weighted by Gasteiger charge is 2.22. The zero-order valence-electron chi connectivity index (χ0n) is 9.80. The molecule has 5 heteroatoms.